The first kappa shape index (κ1) is 29.9. The number of aromatic nitrogens is 4. The predicted molar refractivity (Wildman–Crippen MR) is 218 cm³/mol. The Balaban J connectivity index is 1.30. The molecule has 10 aromatic rings. The van der Waals surface area contributed by atoms with Gasteiger partial charge in [-0.3, -0.25) is 0 Å². The summed E-state index contributed by atoms with van der Waals surface area (Å²) in [5.74, 6) is 1.91. The first-order valence-corrected chi connectivity index (χ1v) is 18.2. The molecule has 0 radical (unpaired) electrons. The van der Waals surface area contributed by atoms with Crippen LogP contribution in [0.5, 0.6) is 0 Å². The van der Waals surface area contributed by atoms with Crippen LogP contribution in [0.4, 0.5) is 0 Å². The van der Waals surface area contributed by atoms with Crippen molar-refractivity contribution in [2.75, 3.05) is 0 Å². The molecule has 0 fully saturated rings. The first-order valence-electron chi connectivity index (χ1n) is 18.2. The Hall–Kier alpha value is -6.78. The zero-order valence-corrected chi connectivity index (χ0v) is 29.5. The Morgan fingerprint density at radius 1 is 0.396 bits per heavy atom. The molecule has 2 heterocycles. The standard InChI is InChI=1S/C49H34N4/c1-52-45-25-13-11-23-43(45)50-47(52)39-29-33(27-31-15-3-5-17-35(31)39)49(41-21-9-7-19-37(41)38-20-8-10-22-42(38)49)34-28-32-16-4-6-18-36(32)40(30-34)48-51-44-24-12-14-26-46(44)53(48)2/h3-30H,1-2H3. The van der Waals surface area contributed by atoms with Crippen LogP contribution in [-0.2, 0) is 19.5 Å². The number of imidazole rings is 2. The maximum atomic E-state index is 5.26. The molecule has 4 nitrogen and oxygen atoms in total. The van der Waals surface area contributed by atoms with E-state index in [1.54, 1.807) is 0 Å². The third kappa shape index (κ3) is 4.12. The number of para-hydroxylation sites is 4. The van der Waals surface area contributed by atoms with Crippen molar-refractivity contribution in [3.63, 3.8) is 0 Å². The van der Waals surface area contributed by atoms with Gasteiger partial charge in [0.2, 0.25) is 0 Å². The summed E-state index contributed by atoms with van der Waals surface area (Å²) in [6.45, 7) is 0. The molecule has 1 aliphatic rings. The molecule has 0 amide bonds. The van der Waals surface area contributed by atoms with Gasteiger partial charge in [0, 0.05) is 25.2 Å². The molecule has 0 saturated carbocycles. The van der Waals surface area contributed by atoms with Gasteiger partial charge in [-0.15, -0.1) is 0 Å². The van der Waals surface area contributed by atoms with E-state index in [2.05, 4.69) is 193 Å². The summed E-state index contributed by atoms with van der Waals surface area (Å²) in [5.41, 5.74) is 13.3. The minimum atomic E-state index is -0.639. The average Bonchev–Trinajstić information content (AvgIpc) is 3.84. The fourth-order valence-corrected chi connectivity index (χ4v) is 9.22. The van der Waals surface area contributed by atoms with Crippen molar-refractivity contribution in [1.82, 2.24) is 19.1 Å². The SMILES string of the molecule is Cn1c(-c2cc(C3(c4cc(-c5nc6ccccc6n5C)c5ccccc5c4)c4ccccc4-c4ccccc43)cc3ccccc23)nc2ccccc21. The highest BCUT2D eigenvalue weighted by Crippen LogP contribution is 2.57. The van der Waals surface area contributed by atoms with Crippen molar-refractivity contribution in [1.29, 1.82) is 0 Å². The zero-order valence-electron chi connectivity index (χ0n) is 29.5. The van der Waals surface area contributed by atoms with Crippen molar-refractivity contribution in [3.05, 3.63) is 192 Å². The third-order valence-corrected chi connectivity index (χ3v) is 11.6. The molecule has 11 rings (SSSR count). The van der Waals surface area contributed by atoms with Crippen molar-refractivity contribution in [2.24, 2.45) is 14.1 Å². The van der Waals surface area contributed by atoms with Crippen LogP contribution in [0, 0.1) is 0 Å². The molecule has 2 aromatic heterocycles. The van der Waals surface area contributed by atoms with Gasteiger partial charge in [0.15, 0.2) is 0 Å². The lowest BCUT2D eigenvalue weighted by Crippen LogP contribution is -2.29. The molecule has 4 heteroatoms. The van der Waals surface area contributed by atoms with Crippen LogP contribution in [0.1, 0.15) is 22.3 Å². The predicted octanol–water partition coefficient (Wildman–Crippen LogP) is 11.5. The summed E-state index contributed by atoms with van der Waals surface area (Å²) in [4.78, 5) is 10.5. The van der Waals surface area contributed by atoms with Gasteiger partial charge in [0.1, 0.15) is 11.6 Å². The van der Waals surface area contributed by atoms with E-state index < -0.39 is 5.41 Å². The van der Waals surface area contributed by atoms with Gasteiger partial charge in [-0.25, -0.2) is 9.97 Å². The molecule has 0 bridgehead atoms. The molecular weight excluding hydrogens is 645 g/mol. The maximum Gasteiger partial charge on any atom is 0.141 e. The Bertz CT molecular complexity index is 2900. The molecule has 250 valence electrons. The number of hydrogen-bond acceptors (Lipinski definition) is 2. The van der Waals surface area contributed by atoms with E-state index in [1.807, 2.05) is 0 Å². The summed E-state index contributed by atoms with van der Waals surface area (Å²) in [5, 5.41) is 4.74. The van der Waals surface area contributed by atoms with Gasteiger partial charge in [0.05, 0.1) is 27.5 Å². The summed E-state index contributed by atoms with van der Waals surface area (Å²) < 4.78 is 4.48. The van der Waals surface area contributed by atoms with Crippen molar-refractivity contribution < 1.29 is 0 Å². The summed E-state index contributed by atoms with van der Waals surface area (Å²) in [7, 11) is 4.27. The number of aryl methyl sites for hydroxylation is 2. The molecule has 1 aliphatic carbocycles. The van der Waals surface area contributed by atoms with Gasteiger partial charge in [-0.2, -0.15) is 0 Å². The van der Waals surface area contributed by atoms with Crippen molar-refractivity contribution >= 4 is 43.6 Å². The van der Waals surface area contributed by atoms with Gasteiger partial charge in [-0.05, 0) is 103 Å². The van der Waals surface area contributed by atoms with E-state index in [0.29, 0.717) is 0 Å². The minimum Gasteiger partial charge on any atom is -0.327 e. The summed E-state index contributed by atoms with van der Waals surface area (Å²) in [6, 6.07) is 62.0. The van der Waals surface area contributed by atoms with Crippen LogP contribution in [0.25, 0.3) is 77.5 Å². The van der Waals surface area contributed by atoms with Gasteiger partial charge >= 0.3 is 0 Å². The quantitative estimate of drug-likeness (QED) is 0.186. The van der Waals surface area contributed by atoms with E-state index in [9.17, 15) is 0 Å². The fraction of sp³-hybridized carbons (Fsp3) is 0.0612. The van der Waals surface area contributed by atoms with Crippen LogP contribution in [0.15, 0.2) is 170 Å². The minimum absolute atomic E-state index is 0.639. The molecule has 8 aromatic carbocycles. The van der Waals surface area contributed by atoms with E-state index in [4.69, 9.17) is 9.97 Å². The molecule has 0 N–H and O–H groups in total. The van der Waals surface area contributed by atoms with E-state index in [-0.39, 0.29) is 0 Å². The van der Waals surface area contributed by atoms with Gasteiger partial charge in [-0.1, -0.05) is 121 Å². The second-order valence-corrected chi connectivity index (χ2v) is 14.3. The Labute approximate surface area is 307 Å². The normalized spacial score (nSPS) is 13.2. The summed E-state index contributed by atoms with van der Waals surface area (Å²) >= 11 is 0. The smallest absolute Gasteiger partial charge is 0.141 e. The number of rotatable bonds is 4. The average molecular weight is 679 g/mol. The topological polar surface area (TPSA) is 35.6 Å². The maximum absolute atomic E-state index is 5.26. The number of nitrogens with zero attached hydrogens (tertiary/aromatic N) is 4. The summed E-state index contributed by atoms with van der Waals surface area (Å²) in [6.07, 6.45) is 0. The van der Waals surface area contributed by atoms with Crippen molar-refractivity contribution in [3.8, 4) is 33.9 Å². The Kier molecular flexibility index (Phi) is 6.27. The van der Waals surface area contributed by atoms with Crippen LogP contribution >= 0.6 is 0 Å². The number of benzene rings is 8. The van der Waals surface area contributed by atoms with E-state index >= 15 is 0 Å². The highest BCUT2D eigenvalue weighted by molar-refractivity contribution is 6.01. The molecule has 0 aliphatic heterocycles. The lowest BCUT2D eigenvalue weighted by atomic mass is 9.66. The van der Waals surface area contributed by atoms with Gasteiger partial charge < -0.3 is 9.13 Å². The molecule has 0 saturated heterocycles. The Morgan fingerprint density at radius 3 is 1.26 bits per heavy atom. The van der Waals surface area contributed by atoms with Crippen LogP contribution < -0.4 is 0 Å². The van der Waals surface area contributed by atoms with Crippen LogP contribution in [0.3, 0.4) is 0 Å². The highest BCUT2D eigenvalue weighted by Gasteiger charge is 2.47. The van der Waals surface area contributed by atoms with Crippen molar-refractivity contribution in [2.45, 2.75) is 5.41 Å². The van der Waals surface area contributed by atoms with E-state index in [0.717, 1.165) is 44.8 Å². The second-order valence-electron chi connectivity index (χ2n) is 14.3. The second kappa shape index (κ2) is 11.1. The lowest BCUT2D eigenvalue weighted by molar-refractivity contribution is 0.771. The van der Waals surface area contributed by atoms with Crippen LogP contribution in [0.2, 0.25) is 0 Å². The number of hydrogen-bond donors (Lipinski definition) is 0. The highest BCUT2D eigenvalue weighted by atomic mass is 15.1. The monoisotopic (exact) mass is 678 g/mol. The largest absolute Gasteiger partial charge is 0.327 e. The van der Waals surface area contributed by atoms with Crippen LogP contribution in [-0.4, -0.2) is 19.1 Å². The molecule has 53 heavy (non-hydrogen) atoms. The van der Waals surface area contributed by atoms with E-state index in [1.165, 1.54) is 54.9 Å². The van der Waals surface area contributed by atoms with Gasteiger partial charge in [0.25, 0.3) is 0 Å². The zero-order chi connectivity index (χ0) is 35.3. The third-order valence-electron chi connectivity index (χ3n) is 11.6. The molecular formula is C49H34N4. The fourth-order valence-electron chi connectivity index (χ4n) is 9.22. The number of fused-ring (bicyclic) bond motifs is 7. The first-order chi connectivity index (χ1) is 26.1. The molecule has 0 spiro atoms. The molecule has 0 atom stereocenters. The Morgan fingerprint density at radius 2 is 0.792 bits per heavy atom. The lowest BCUT2D eigenvalue weighted by Gasteiger charge is -2.35. The molecule has 0 unspecified atom stereocenters.